The highest BCUT2D eigenvalue weighted by Gasteiger charge is 2.12. The fourth-order valence-corrected chi connectivity index (χ4v) is 4.24. The maximum atomic E-state index is 11.9. The summed E-state index contributed by atoms with van der Waals surface area (Å²) >= 11 is 15.6. The average Bonchev–Trinajstić information content (AvgIpc) is 2.61. The predicted molar refractivity (Wildman–Crippen MR) is 111 cm³/mol. The third-order valence-electron chi connectivity index (χ3n) is 3.08. The number of nitrogens with zero attached hydrogens (tertiary/aromatic N) is 1. The van der Waals surface area contributed by atoms with Crippen LogP contribution in [0.4, 0.5) is 0 Å². The highest BCUT2D eigenvalue weighted by molar-refractivity contribution is 9.11. The van der Waals surface area contributed by atoms with Crippen LogP contribution in [0.2, 0.25) is 5.02 Å². The molecule has 0 atom stereocenters. The van der Waals surface area contributed by atoms with Gasteiger partial charge in [0.2, 0.25) is 0 Å². The van der Waals surface area contributed by atoms with Gasteiger partial charge in [0.25, 0.3) is 11.8 Å². The largest absolute Gasteiger partial charge is 0.506 e. The Hall–Kier alpha value is -1.42. The van der Waals surface area contributed by atoms with Crippen LogP contribution in [0.25, 0.3) is 0 Å². The van der Waals surface area contributed by atoms with Crippen molar-refractivity contribution in [2.75, 3.05) is 6.54 Å². The van der Waals surface area contributed by atoms with E-state index in [0.29, 0.717) is 29.6 Å². The summed E-state index contributed by atoms with van der Waals surface area (Å²) in [5.41, 5.74) is 3.23. The number of amides is 2. The highest BCUT2D eigenvalue weighted by atomic mass is 79.9. The van der Waals surface area contributed by atoms with Crippen LogP contribution in [0.3, 0.4) is 0 Å². The SMILES string of the molecule is O=C(CNC(=O)c1ccc(Cl)cc1)NN=Cc1c(Br)cc(Br)c(O)c1Br. The van der Waals surface area contributed by atoms with E-state index in [9.17, 15) is 14.7 Å². The highest BCUT2D eigenvalue weighted by Crippen LogP contribution is 2.38. The number of carbonyl (C=O) groups excluding carboxylic acids is 2. The molecule has 0 aliphatic carbocycles. The van der Waals surface area contributed by atoms with Gasteiger partial charge in [0.1, 0.15) is 5.75 Å². The van der Waals surface area contributed by atoms with Crippen LogP contribution < -0.4 is 10.7 Å². The van der Waals surface area contributed by atoms with Crippen molar-refractivity contribution in [3.63, 3.8) is 0 Å². The summed E-state index contributed by atoms with van der Waals surface area (Å²) < 4.78 is 1.57. The Morgan fingerprint density at radius 1 is 1.15 bits per heavy atom. The van der Waals surface area contributed by atoms with Gasteiger partial charge in [-0.2, -0.15) is 5.10 Å². The number of aromatic hydroxyl groups is 1. The molecule has 0 unspecified atom stereocenters. The van der Waals surface area contributed by atoms with Crippen LogP contribution in [0, 0.1) is 0 Å². The number of halogens is 4. The van der Waals surface area contributed by atoms with Gasteiger partial charge in [-0.1, -0.05) is 27.5 Å². The van der Waals surface area contributed by atoms with E-state index in [2.05, 4.69) is 63.6 Å². The molecule has 0 saturated carbocycles. The molecule has 0 aliphatic heterocycles. The summed E-state index contributed by atoms with van der Waals surface area (Å²) in [6, 6.07) is 7.94. The molecule has 2 amide bonds. The van der Waals surface area contributed by atoms with Gasteiger partial charge in [-0.25, -0.2) is 5.43 Å². The lowest BCUT2D eigenvalue weighted by Gasteiger charge is -2.07. The summed E-state index contributed by atoms with van der Waals surface area (Å²) in [6.07, 6.45) is 1.36. The number of nitrogens with one attached hydrogen (secondary N) is 2. The second-order valence-corrected chi connectivity index (χ2v) is 7.84. The number of phenols is 1. The fourth-order valence-electron chi connectivity index (χ4n) is 1.79. The van der Waals surface area contributed by atoms with Crippen molar-refractivity contribution < 1.29 is 14.7 Å². The Kier molecular flexibility index (Phi) is 7.63. The van der Waals surface area contributed by atoms with Crippen LogP contribution in [0.15, 0.2) is 48.9 Å². The van der Waals surface area contributed by atoms with Crippen LogP contribution in [0.5, 0.6) is 5.75 Å². The zero-order chi connectivity index (χ0) is 19.3. The molecule has 2 aromatic rings. The van der Waals surface area contributed by atoms with Gasteiger partial charge in [-0.15, -0.1) is 0 Å². The second-order valence-electron chi connectivity index (χ2n) is 4.90. The van der Waals surface area contributed by atoms with E-state index in [1.54, 1.807) is 30.3 Å². The zero-order valence-electron chi connectivity index (χ0n) is 12.9. The Morgan fingerprint density at radius 2 is 1.81 bits per heavy atom. The number of benzene rings is 2. The standard InChI is InChI=1S/C16H11Br3ClN3O3/c17-11-5-12(18)15(25)14(19)10(11)6-22-23-13(24)7-21-16(26)8-1-3-9(20)4-2-8/h1-6,25H,7H2,(H,21,26)(H,23,24). The van der Waals surface area contributed by atoms with Crippen molar-refractivity contribution >= 4 is 77.4 Å². The van der Waals surface area contributed by atoms with E-state index in [-0.39, 0.29) is 12.3 Å². The van der Waals surface area contributed by atoms with Crippen LogP contribution in [0.1, 0.15) is 15.9 Å². The Balaban J connectivity index is 1.91. The van der Waals surface area contributed by atoms with Crippen molar-refractivity contribution in [1.82, 2.24) is 10.7 Å². The molecule has 2 aromatic carbocycles. The molecule has 3 N–H and O–H groups in total. The molecule has 2 rings (SSSR count). The Bertz CT molecular complexity index is 873. The van der Waals surface area contributed by atoms with E-state index >= 15 is 0 Å². The van der Waals surface area contributed by atoms with Gasteiger partial charge >= 0.3 is 0 Å². The first-order valence-corrected chi connectivity index (χ1v) is 9.77. The van der Waals surface area contributed by atoms with Crippen molar-refractivity contribution in [3.8, 4) is 5.75 Å². The van der Waals surface area contributed by atoms with Gasteiger partial charge in [-0.3, -0.25) is 9.59 Å². The maximum Gasteiger partial charge on any atom is 0.259 e. The fraction of sp³-hybridized carbons (Fsp3) is 0.0625. The Morgan fingerprint density at radius 3 is 2.46 bits per heavy atom. The lowest BCUT2D eigenvalue weighted by molar-refractivity contribution is -0.120. The van der Waals surface area contributed by atoms with Gasteiger partial charge < -0.3 is 10.4 Å². The molecule has 10 heteroatoms. The summed E-state index contributed by atoms with van der Waals surface area (Å²) in [5.74, 6) is -0.891. The summed E-state index contributed by atoms with van der Waals surface area (Å²) in [7, 11) is 0. The minimum Gasteiger partial charge on any atom is -0.506 e. The van der Waals surface area contributed by atoms with Crippen LogP contribution in [-0.4, -0.2) is 29.7 Å². The van der Waals surface area contributed by atoms with Gasteiger partial charge in [0.15, 0.2) is 0 Å². The van der Waals surface area contributed by atoms with E-state index in [1.165, 1.54) is 6.21 Å². The van der Waals surface area contributed by atoms with Crippen molar-refractivity contribution in [1.29, 1.82) is 0 Å². The van der Waals surface area contributed by atoms with E-state index in [1.807, 2.05) is 0 Å². The van der Waals surface area contributed by atoms with Crippen molar-refractivity contribution in [3.05, 3.63) is 59.9 Å². The Labute approximate surface area is 179 Å². The van der Waals surface area contributed by atoms with E-state index in [4.69, 9.17) is 11.6 Å². The molecule has 0 aromatic heterocycles. The summed E-state index contributed by atoms with van der Waals surface area (Å²) in [5, 5.41) is 16.7. The summed E-state index contributed by atoms with van der Waals surface area (Å²) in [6.45, 7) is -0.243. The number of hydrogen-bond donors (Lipinski definition) is 3. The third kappa shape index (κ3) is 5.54. The normalized spacial score (nSPS) is 10.8. The minimum absolute atomic E-state index is 0.0104. The molecular formula is C16H11Br3ClN3O3. The molecule has 0 spiro atoms. The number of rotatable bonds is 5. The van der Waals surface area contributed by atoms with Gasteiger partial charge in [0.05, 0.1) is 21.7 Å². The minimum atomic E-state index is -0.503. The lowest BCUT2D eigenvalue weighted by atomic mass is 10.2. The van der Waals surface area contributed by atoms with Crippen LogP contribution in [-0.2, 0) is 4.79 Å². The topological polar surface area (TPSA) is 90.8 Å². The molecular weight excluding hydrogens is 557 g/mol. The number of hydrogen-bond acceptors (Lipinski definition) is 4. The zero-order valence-corrected chi connectivity index (χ0v) is 18.4. The molecule has 0 radical (unpaired) electrons. The van der Waals surface area contributed by atoms with Crippen molar-refractivity contribution in [2.24, 2.45) is 5.10 Å². The number of hydrazone groups is 1. The number of phenolic OH excluding ortho intramolecular Hbond substituents is 1. The third-order valence-corrected chi connectivity index (χ3v) is 5.40. The smallest absolute Gasteiger partial charge is 0.259 e. The van der Waals surface area contributed by atoms with Crippen molar-refractivity contribution in [2.45, 2.75) is 0 Å². The first-order valence-electron chi connectivity index (χ1n) is 7.01. The van der Waals surface area contributed by atoms with E-state index in [0.717, 1.165) is 0 Å². The molecule has 136 valence electrons. The maximum absolute atomic E-state index is 11.9. The molecule has 0 fully saturated rings. The van der Waals surface area contributed by atoms with Crippen LogP contribution >= 0.6 is 59.4 Å². The first kappa shape index (κ1) is 20.9. The molecule has 0 saturated heterocycles. The molecule has 6 nitrogen and oxygen atoms in total. The van der Waals surface area contributed by atoms with Gasteiger partial charge in [0, 0.05) is 20.6 Å². The molecule has 26 heavy (non-hydrogen) atoms. The monoisotopic (exact) mass is 565 g/mol. The quantitative estimate of drug-likeness (QED) is 0.373. The summed E-state index contributed by atoms with van der Waals surface area (Å²) in [4.78, 5) is 23.7. The predicted octanol–water partition coefficient (Wildman–Crippen LogP) is 4.21. The molecule has 0 bridgehead atoms. The molecule has 0 heterocycles. The second kappa shape index (κ2) is 9.50. The van der Waals surface area contributed by atoms with E-state index < -0.39 is 11.8 Å². The lowest BCUT2D eigenvalue weighted by Crippen LogP contribution is -2.34. The number of carbonyl (C=O) groups is 2. The average molecular weight is 568 g/mol. The van der Waals surface area contributed by atoms with Gasteiger partial charge in [-0.05, 0) is 62.2 Å². The first-order chi connectivity index (χ1) is 12.3. The molecule has 0 aliphatic rings.